The molecule has 0 fully saturated rings. The van der Waals surface area contributed by atoms with Gasteiger partial charge in [-0.1, -0.05) is 0 Å². The molecule has 0 aliphatic rings. The number of hydrogen-bond donors (Lipinski definition) is 1. The molecule has 0 radical (unpaired) electrons. The van der Waals surface area contributed by atoms with Gasteiger partial charge in [-0.3, -0.25) is 0 Å². The molecule has 0 aliphatic carbocycles. The summed E-state index contributed by atoms with van der Waals surface area (Å²) in [6.07, 6.45) is 0. The maximum absolute atomic E-state index is 3.76. The molecular formula is C23H33N. The molecule has 1 nitrogen and oxygen atoms in total. The summed E-state index contributed by atoms with van der Waals surface area (Å²) in [5, 5.41) is 3.76. The van der Waals surface area contributed by atoms with Crippen LogP contribution in [0.2, 0.25) is 0 Å². The second-order valence-electron chi connectivity index (χ2n) is 7.46. The lowest BCUT2D eigenvalue weighted by atomic mass is 9.89. The maximum Gasteiger partial charge on any atom is 0.0407 e. The topological polar surface area (TPSA) is 12.0 Å². The number of nitrogens with one attached hydrogen (secondary N) is 1. The van der Waals surface area contributed by atoms with Gasteiger partial charge < -0.3 is 5.32 Å². The van der Waals surface area contributed by atoms with Crippen molar-refractivity contribution in [1.29, 1.82) is 0 Å². The minimum absolute atomic E-state index is 0.892. The molecule has 0 unspecified atom stereocenters. The highest BCUT2D eigenvalue weighted by Crippen LogP contribution is 2.32. The molecule has 0 heterocycles. The molecule has 1 N–H and O–H groups in total. The van der Waals surface area contributed by atoms with Gasteiger partial charge in [-0.25, -0.2) is 0 Å². The van der Waals surface area contributed by atoms with Crippen molar-refractivity contribution in [1.82, 2.24) is 0 Å². The van der Waals surface area contributed by atoms with E-state index in [0.717, 1.165) is 6.54 Å². The molecule has 130 valence electrons. The Hall–Kier alpha value is -1.76. The molecule has 2 aromatic rings. The summed E-state index contributed by atoms with van der Waals surface area (Å²) < 4.78 is 0. The summed E-state index contributed by atoms with van der Waals surface area (Å²) in [5.41, 5.74) is 16.9. The minimum atomic E-state index is 0.892. The van der Waals surface area contributed by atoms with E-state index in [4.69, 9.17) is 0 Å². The van der Waals surface area contributed by atoms with Gasteiger partial charge in [0, 0.05) is 12.2 Å². The number of benzene rings is 2. The first-order valence-corrected chi connectivity index (χ1v) is 8.96. The van der Waals surface area contributed by atoms with E-state index in [9.17, 15) is 0 Å². The fourth-order valence-electron chi connectivity index (χ4n) is 3.78. The third-order valence-electron chi connectivity index (χ3n) is 6.60. The monoisotopic (exact) mass is 323 g/mol. The van der Waals surface area contributed by atoms with Crippen molar-refractivity contribution in [3.05, 3.63) is 61.2 Å². The van der Waals surface area contributed by atoms with E-state index in [1.165, 1.54) is 66.9 Å². The van der Waals surface area contributed by atoms with Crippen LogP contribution >= 0.6 is 0 Å². The summed E-state index contributed by atoms with van der Waals surface area (Å²) in [6.45, 7) is 23.3. The van der Waals surface area contributed by atoms with E-state index in [2.05, 4.69) is 74.6 Å². The van der Waals surface area contributed by atoms with Crippen LogP contribution < -0.4 is 5.32 Å². The second kappa shape index (κ2) is 6.63. The van der Waals surface area contributed by atoms with Crippen LogP contribution in [0.15, 0.2) is 0 Å². The Morgan fingerprint density at radius 1 is 0.417 bits per heavy atom. The number of anilines is 1. The summed E-state index contributed by atoms with van der Waals surface area (Å²) in [5.74, 6) is 0. The van der Waals surface area contributed by atoms with E-state index in [-0.39, 0.29) is 0 Å². The number of rotatable bonds is 3. The van der Waals surface area contributed by atoms with Gasteiger partial charge in [0.15, 0.2) is 0 Å². The van der Waals surface area contributed by atoms with Gasteiger partial charge >= 0.3 is 0 Å². The first-order valence-electron chi connectivity index (χ1n) is 8.96. The molecule has 24 heavy (non-hydrogen) atoms. The van der Waals surface area contributed by atoms with Gasteiger partial charge in [-0.15, -0.1) is 0 Å². The van der Waals surface area contributed by atoms with Crippen molar-refractivity contribution in [2.24, 2.45) is 0 Å². The molecular weight excluding hydrogens is 290 g/mol. The summed E-state index contributed by atoms with van der Waals surface area (Å²) >= 11 is 0. The van der Waals surface area contributed by atoms with Crippen LogP contribution in [0.5, 0.6) is 0 Å². The Kier molecular flexibility index (Phi) is 5.13. The zero-order chi connectivity index (χ0) is 18.3. The predicted octanol–water partition coefficient (Wildman–Crippen LogP) is 6.38. The lowest BCUT2D eigenvalue weighted by Gasteiger charge is -2.23. The lowest BCUT2D eigenvalue weighted by molar-refractivity contribution is 1.03. The SMILES string of the molecule is Cc1c(C)c(C)c(CNc2c(C)c(C)c(C)c(C)c2C)c(C)c1C. The molecule has 0 saturated heterocycles. The zero-order valence-electron chi connectivity index (χ0n) is 17.2. The summed E-state index contributed by atoms with van der Waals surface area (Å²) in [7, 11) is 0. The van der Waals surface area contributed by atoms with E-state index in [1.807, 2.05) is 0 Å². The fourth-order valence-corrected chi connectivity index (χ4v) is 3.78. The quantitative estimate of drug-likeness (QED) is 0.690. The molecule has 0 atom stereocenters. The van der Waals surface area contributed by atoms with Gasteiger partial charge in [0.25, 0.3) is 0 Å². The van der Waals surface area contributed by atoms with E-state index >= 15 is 0 Å². The molecule has 0 spiro atoms. The van der Waals surface area contributed by atoms with Crippen molar-refractivity contribution in [3.8, 4) is 0 Å². The predicted molar refractivity (Wildman–Crippen MR) is 108 cm³/mol. The maximum atomic E-state index is 3.76. The van der Waals surface area contributed by atoms with Gasteiger partial charge in [-0.2, -0.15) is 0 Å². The average molecular weight is 324 g/mol. The summed E-state index contributed by atoms with van der Waals surface area (Å²) in [4.78, 5) is 0. The standard InChI is InChI=1S/C23H33N/c1-12-14(3)18(7)22(19(8)15(12)4)11-24-23-20(9)16(5)13(2)17(6)21(23)10/h24H,11H2,1-10H3. The van der Waals surface area contributed by atoms with Gasteiger partial charge in [0.2, 0.25) is 0 Å². The largest absolute Gasteiger partial charge is 0.381 e. The van der Waals surface area contributed by atoms with Crippen LogP contribution in [0.3, 0.4) is 0 Å². The lowest BCUT2D eigenvalue weighted by Crippen LogP contribution is -2.11. The van der Waals surface area contributed by atoms with Crippen molar-refractivity contribution < 1.29 is 0 Å². The molecule has 2 rings (SSSR count). The van der Waals surface area contributed by atoms with E-state index in [1.54, 1.807) is 0 Å². The van der Waals surface area contributed by atoms with E-state index < -0.39 is 0 Å². The highest BCUT2D eigenvalue weighted by atomic mass is 14.9. The van der Waals surface area contributed by atoms with Crippen LogP contribution in [-0.4, -0.2) is 0 Å². The third kappa shape index (κ3) is 2.85. The Bertz CT molecular complexity index is 682. The zero-order valence-corrected chi connectivity index (χ0v) is 17.2. The van der Waals surface area contributed by atoms with E-state index in [0.29, 0.717) is 0 Å². The van der Waals surface area contributed by atoms with Crippen LogP contribution in [0, 0.1) is 69.2 Å². The molecule has 0 amide bonds. The van der Waals surface area contributed by atoms with Crippen LogP contribution in [-0.2, 0) is 6.54 Å². The summed E-state index contributed by atoms with van der Waals surface area (Å²) in [6, 6.07) is 0. The molecule has 1 heteroatoms. The molecule has 0 aromatic heterocycles. The van der Waals surface area contributed by atoms with Crippen molar-refractivity contribution in [3.63, 3.8) is 0 Å². The van der Waals surface area contributed by atoms with Gasteiger partial charge in [-0.05, 0) is 130 Å². The molecule has 0 bridgehead atoms. The second-order valence-corrected chi connectivity index (χ2v) is 7.46. The Morgan fingerprint density at radius 3 is 1.08 bits per heavy atom. The Morgan fingerprint density at radius 2 is 0.708 bits per heavy atom. The first-order chi connectivity index (χ1) is 11.1. The van der Waals surface area contributed by atoms with Crippen LogP contribution in [0.25, 0.3) is 0 Å². The fraction of sp³-hybridized carbons (Fsp3) is 0.478. The van der Waals surface area contributed by atoms with Crippen molar-refractivity contribution in [2.75, 3.05) is 5.32 Å². The Balaban J connectivity index is 2.48. The highest BCUT2D eigenvalue weighted by Gasteiger charge is 2.15. The normalized spacial score (nSPS) is 11.1. The minimum Gasteiger partial charge on any atom is -0.381 e. The highest BCUT2D eigenvalue weighted by molar-refractivity contribution is 5.65. The van der Waals surface area contributed by atoms with Gasteiger partial charge in [0.05, 0.1) is 0 Å². The molecule has 0 saturated carbocycles. The average Bonchev–Trinajstić information content (AvgIpc) is 2.57. The van der Waals surface area contributed by atoms with Gasteiger partial charge in [0.1, 0.15) is 0 Å². The third-order valence-corrected chi connectivity index (χ3v) is 6.60. The smallest absolute Gasteiger partial charge is 0.0407 e. The molecule has 2 aromatic carbocycles. The van der Waals surface area contributed by atoms with Crippen molar-refractivity contribution in [2.45, 2.75) is 75.8 Å². The Labute approximate surface area is 148 Å². The molecule has 0 aliphatic heterocycles. The number of hydrogen-bond acceptors (Lipinski definition) is 1. The van der Waals surface area contributed by atoms with Crippen LogP contribution in [0.4, 0.5) is 5.69 Å². The first kappa shape index (κ1) is 18.6. The van der Waals surface area contributed by atoms with Crippen LogP contribution in [0.1, 0.15) is 61.2 Å². The van der Waals surface area contributed by atoms with Crippen molar-refractivity contribution >= 4 is 5.69 Å².